The molecule has 14 heavy (non-hydrogen) atoms. The smallest absolute Gasteiger partial charge is 0.0624 e. The predicted molar refractivity (Wildman–Crippen MR) is 59.3 cm³/mol. The van der Waals surface area contributed by atoms with Crippen LogP contribution in [0.2, 0.25) is 0 Å². The van der Waals surface area contributed by atoms with E-state index in [0.717, 1.165) is 32.7 Å². The summed E-state index contributed by atoms with van der Waals surface area (Å²) in [5.41, 5.74) is 5.91. The van der Waals surface area contributed by atoms with E-state index in [2.05, 4.69) is 18.7 Å². The number of nitrogens with two attached hydrogens (primary N) is 1. The Bertz CT molecular complexity index is 161. The Labute approximate surface area is 87.6 Å². The Morgan fingerprint density at radius 2 is 2.21 bits per heavy atom. The highest BCUT2D eigenvalue weighted by molar-refractivity contribution is 4.84. The van der Waals surface area contributed by atoms with Crippen LogP contribution in [0.25, 0.3) is 0 Å². The normalized spacial score (nSPS) is 25.9. The van der Waals surface area contributed by atoms with E-state index in [-0.39, 0.29) is 0 Å². The van der Waals surface area contributed by atoms with Gasteiger partial charge in [0.1, 0.15) is 0 Å². The maximum absolute atomic E-state index is 5.91. The first-order valence-electron chi connectivity index (χ1n) is 5.72. The molecule has 3 nitrogen and oxygen atoms in total. The molecule has 0 saturated carbocycles. The number of hydrogen-bond donors (Lipinski definition) is 1. The number of likely N-dealkylation sites (tertiary alicyclic amines) is 1. The van der Waals surface area contributed by atoms with Gasteiger partial charge in [-0.2, -0.15) is 0 Å². The lowest BCUT2D eigenvalue weighted by molar-refractivity contribution is 0.0552. The van der Waals surface area contributed by atoms with Gasteiger partial charge in [0.05, 0.1) is 6.61 Å². The molecule has 84 valence electrons. The zero-order chi connectivity index (χ0) is 10.6. The van der Waals surface area contributed by atoms with E-state index in [0.29, 0.717) is 18.0 Å². The topological polar surface area (TPSA) is 38.5 Å². The lowest BCUT2D eigenvalue weighted by Crippen LogP contribution is -2.42. The standard InChI is InChI=1S/C11H24N2O/c1-4-14-8-11(9(2)3)13-6-5-10(12)7-13/h9-11H,4-8,12H2,1-3H3. The summed E-state index contributed by atoms with van der Waals surface area (Å²) in [6, 6.07) is 0.918. The van der Waals surface area contributed by atoms with Crippen LogP contribution in [0.15, 0.2) is 0 Å². The second-order valence-corrected chi connectivity index (χ2v) is 4.51. The monoisotopic (exact) mass is 200 g/mol. The van der Waals surface area contributed by atoms with Gasteiger partial charge in [-0.05, 0) is 19.3 Å². The van der Waals surface area contributed by atoms with E-state index in [4.69, 9.17) is 10.5 Å². The van der Waals surface area contributed by atoms with Crippen molar-refractivity contribution in [3.8, 4) is 0 Å². The minimum Gasteiger partial charge on any atom is -0.380 e. The fourth-order valence-electron chi connectivity index (χ4n) is 2.07. The molecule has 2 unspecified atom stereocenters. The molecule has 1 aliphatic heterocycles. The first-order chi connectivity index (χ1) is 6.65. The van der Waals surface area contributed by atoms with E-state index >= 15 is 0 Å². The maximum Gasteiger partial charge on any atom is 0.0624 e. The van der Waals surface area contributed by atoms with Crippen molar-refractivity contribution in [2.24, 2.45) is 11.7 Å². The van der Waals surface area contributed by atoms with Crippen LogP contribution in [0, 0.1) is 5.92 Å². The molecule has 0 bridgehead atoms. The SMILES string of the molecule is CCOCC(C(C)C)N1CCC(N)C1. The van der Waals surface area contributed by atoms with Crippen molar-refractivity contribution in [1.82, 2.24) is 4.90 Å². The van der Waals surface area contributed by atoms with E-state index in [1.807, 2.05) is 6.92 Å². The maximum atomic E-state index is 5.91. The van der Waals surface area contributed by atoms with Gasteiger partial charge in [-0.3, -0.25) is 4.90 Å². The molecular formula is C11H24N2O. The molecule has 2 atom stereocenters. The average Bonchev–Trinajstić information content (AvgIpc) is 2.52. The Hall–Kier alpha value is -0.120. The van der Waals surface area contributed by atoms with Gasteiger partial charge >= 0.3 is 0 Å². The van der Waals surface area contributed by atoms with Gasteiger partial charge in [-0.25, -0.2) is 0 Å². The van der Waals surface area contributed by atoms with Crippen LogP contribution in [0.5, 0.6) is 0 Å². The molecule has 0 aromatic rings. The molecule has 3 heteroatoms. The summed E-state index contributed by atoms with van der Waals surface area (Å²) in [6.45, 7) is 10.4. The van der Waals surface area contributed by atoms with Crippen molar-refractivity contribution in [2.75, 3.05) is 26.3 Å². The Kier molecular flexibility index (Phi) is 4.85. The molecule has 0 amide bonds. The van der Waals surface area contributed by atoms with Gasteiger partial charge in [0.2, 0.25) is 0 Å². The molecule has 0 radical (unpaired) electrons. The number of hydrogen-bond acceptors (Lipinski definition) is 3. The first kappa shape index (κ1) is 12.0. The van der Waals surface area contributed by atoms with Crippen LogP contribution in [0.4, 0.5) is 0 Å². The summed E-state index contributed by atoms with van der Waals surface area (Å²) in [6.07, 6.45) is 1.13. The van der Waals surface area contributed by atoms with Gasteiger partial charge in [0.25, 0.3) is 0 Å². The van der Waals surface area contributed by atoms with Crippen molar-refractivity contribution in [1.29, 1.82) is 0 Å². The van der Waals surface area contributed by atoms with Gasteiger partial charge in [-0.15, -0.1) is 0 Å². The van der Waals surface area contributed by atoms with Crippen molar-refractivity contribution in [3.05, 3.63) is 0 Å². The molecule has 1 aliphatic rings. The number of ether oxygens (including phenoxy) is 1. The van der Waals surface area contributed by atoms with E-state index in [1.165, 1.54) is 0 Å². The zero-order valence-corrected chi connectivity index (χ0v) is 9.70. The Morgan fingerprint density at radius 1 is 1.50 bits per heavy atom. The molecule has 0 aromatic heterocycles. The molecule has 1 fully saturated rings. The molecule has 1 rings (SSSR count). The Morgan fingerprint density at radius 3 is 2.64 bits per heavy atom. The largest absolute Gasteiger partial charge is 0.380 e. The summed E-state index contributed by atoms with van der Waals surface area (Å²) < 4.78 is 5.52. The molecule has 1 heterocycles. The van der Waals surface area contributed by atoms with Gasteiger partial charge < -0.3 is 10.5 Å². The predicted octanol–water partition coefficient (Wildman–Crippen LogP) is 1.08. The van der Waals surface area contributed by atoms with Crippen molar-refractivity contribution in [3.63, 3.8) is 0 Å². The van der Waals surface area contributed by atoms with Gasteiger partial charge in [0.15, 0.2) is 0 Å². The fraction of sp³-hybridized carbons (Fsp3) is 1.00. The van der Waals surface area contributed by atoms with Crippen LogP contribution in [-0.2, 0) is 4.74 Å². The molecule has 1 saturated heterocycles. The van der Waals surface area contributed by atoms with Crippen LogP contribution >= 0.6 is 0 Å². The van der Waals surface area contributed by atoms with Crippen LogP contribution in [0.3, 0.4) is 0 Å². The highest BCUT2D eigenvalue weighted by Gasteiger charge is 2.27. The summed E-state index contributed by atoms with van der Waals surface area (Å²) in [4.78, 5) is 2.48. The lowest BCUT2D eigenvalue weighted by Gasteiger charge is -2.30. The van der Waals surface area contributed by atoms with E-state index in [1.54, 1.807) is 0 Å². The zero-order valence-electron chi connectivity index (χ0n) is 9.70. The van der Waals surface area contributed by atoms with Gasteiger partial charge in [0, 0.05) is 31.8 Å². The number of nitrogens with zero attached hydrogens (tertiary/aromatic N) is 1. The van der Waals surface area contributed by atoms with Crippen LogP contribution in [0.1, 0.15) is 27.2 Å². The van der Waals surface area contributed by atoms with Crippen molar-refractivity contribution in [2.45, 2.75) is 39.3 Å². The number of rotatable bonds is 5. The summed E-state index contributed by atoms with van der Waals surface area (Å²) in [5.74, 6) is 0.645. The van der Waals surface area contributed by atoms with Crippen molar-refractivity contribution < 1.29 is 4.74 Å². The summed E-state index contributed by atoms with van der Waals surface area (Å²) >= 11 is 0. The molecular weight excluding hydrogens is 176 g/mol. The third kappa shape index (κ3) is 3.23. The second kappa shape index (κ2) is 5.69. The quantitative estimate of drug-likeness (QED) is 0.722. The van der Waals surface area contributed by atoms with Crippen molar-refractivity contribution >= 4 is 0 Å². The summed E-state index contributed by atoms with van der Waals surface area (Å²) in [7, 11) is 0. The molecule has 0 aromatic carbocycles. The average molecular weight is 200 g/mol. The minimum atomic E-state index is 0.373. The third-order valence-electron chi connectivity index (χ3n) is 2.99. The second-order valence-electron chi connectivity index (χ2n) is 4.51. The first-order valence-corrected chi connectivity index (χ1v) is 5.72. The van der Waals surface area contributed by atoms with E-state index < -0.39 is 0 Å². The molecule has 0 aliphatic carbocycles. The summed E-state index contributed by atoms with van der Waals surface area (Å²) in [5, 5.41) is 0. The molecule has 0 spiro atoms. The lowest BCUT2D eigenvalue weighted by atomic mass is 10.0. The third-order valence-corrected chi connectivity index (χ3v) is 2.99. The Balaban J connectivity index is 2.41. The fourth-order valence-corrected chi connectivity index (χ4v) is 2.07. The van der Waals surface area contributed by atoms with E-state index in [9.17, 15) is 0 Å². The highest BCUT2D eigenvalue weighted by atomic mass is 16.5. The van der Waals surface area contributed by atoms with Crippen LogP contribution < -0.4 is 5.73 Å². The van der Waals surface area contributed by atoms with Gasteiger partial charge in [-0.1, -0.05) is 13.8 Å². The minimum absolute atomic E-state index is 0.373. The molecule has 2 N–H and O–H groups in total. The highest BCUT2D eigenvalue weighted by Crippen LogP contribution is 2.17. The van der Waals surface area contributed by atoms with Crippen LogP contribution in [-0.4, -0.2) is 43.3 Å².